The molecule has 0 aromatic heterocycles. The van der Waals surface area contributed by atoms with Gasteiger partial charge in [-0.05, 0) is 18.2 Å². The molecule has 0 bridgehead atoms. The van der Waals surface area contributed by atoms with Crippen molar-refractivity contribution < 1.29 is 23.1 Å². The van der Waals surface area contributed by atoms with E-state index in [1.165, 1.54) is 29.6 Å². The number of methoxy groups -OCH3 is 1. The molecule has 2 rings (SSSR count). The van der Waals surface area contributed by atoms with Gasteiger partial charge in [0.2, 0.25) is 10.0 Å². The third kappa shape index (κ3) is 4.35. The summed E-state index contributed by atoms with van der Waals surface area (Å²) < 4.78 is 32.2. The molecule has 1 heterocycles. The summed E-state index contributed by atoms with van der Waals surface area (Å²) in [6, 6.07) is 4.35. The van der Waals surface area contributed by atoms with Gasteiger partial charge in [0.25, 0.3) is 5.91 Å². The highest BCUT2D eigenvalue weighted by molar-refractivity contribution is 7.89. The largest absolute Gasteiger partial charge is 0.495 e. The number of β-amino-alcohol motifs (C(OH)–C–C–N with tert-alkyl or cyclic N) is 1. The SMILES string of the molecule is CCN(CC)S(=O)(=O)c1cc(C(=O)NCC2CNCC2O)ccc1OC. The van der Waals surface area contributed by atoms with Crippen LogP contribution in [0.1, 0.15) is 24.2 Å². The Bertz CT molecular complexity index is 734. The van der Waals surface area contributed by atoms with Crippen LogP contribution in [0.2, 0.25) is 0 Å². The van der Waals surface area contributed by atoms with Crippen LogP contribution in [0.4, 0.5) is 0 Å². The number of nitrogens with one attached hydrogen (secondary N) is 2. The number of nitrogens with zero attached hydrogens (tertiary/aromatic N) is 1. The Labute approximate surface area is 154 Å². The van der Waals surface area contributed by atoms with Gasteiger partial charge < -0.3 is 20.5 Å². The van der Waals surface area contributed by atoms with E-state index in [0.717, 1.165) is 0 Å². The van der Waals surface area contributed by atoms with E-state index in [-0.39, 0.29) is 28.0 Å². The second kappa shape index (κ2) is 8.81. The number of amides is 1. The molecule has 1 aliphatic rings. The maximum atomic E-state index is 12.8. The first-order valence-corrected chi connectivity index (χ1v) is 10.1. The Kier molecular flexibility index (Phi) is 6.99. The first-order valence-electron chi connectivity index (χ1n) is 8.70. The van der Waals surface area contributed by atoms with Gasteiger partial charge >= 0.3 is 0 Å². The lowest BCUT2D eigenvalue weighted by molar-refractivity contribution is 0.0927. The van der Waals surface area contributed by atoms with Gasteiger partial charge in [0.05, 0.1) is 13.2 Å². The normalized spacial score (nSPS) is 20.3. The van der Waals surface area contributed by atoms with Crippen molar-refractivity contribution in [2.24, 2.45) is 5.92 Å². The second-order valence-corrected chi connectivity index (χ2v) is 8.06. The van der Waals surface area contributed by atoms with Crippen LogP contribution in [0.15, 0.2) is 23.1 Å². The molecule has 1 fully saturated rings. The van der Waals surface area contributed by atoms with E-state index < -0.39 is 16.1 Å². The fourth-order valence-corrected chi connectivity index (χ4v) is 4.62. The van der Waals surface area contributed by atoms with Crippen molar-refractivity contribution >= 4 is 15.9 Å². The summed E-state index contributed by atoms with van der Waals surface area (Å²) in [5.41, 5.74) is 0.233. The van der Waals surface area contributed by atoms with Crippen molar-refractivity contribution in [2.75, 3.05) is 39.8 Å². The predicted molar refractivity (Wildman–Crippen MR) is 97.8 cm³/mol. The number of aliphatic hydroxyl groups excluding tert-OH is 1. The van der Waals surface area contributed by atoms with Crippen molar-refractivity contribution in [3.8, 4) is 5.75 Å². The highest BCUT2D eigenvalue weighted by Gasteiger charge is 2.28. The second-order valence-electron chi connectivity index (χ2n) is 6.15. The molecule has 0 spiro atoms. The van der Waals surface area contributed by atoms with Crippen molar-refractivity contribution in [3.63, 3.8) is 0 Å². The van der Waals surface area contributed by atoms with Crippen molar-refractivity contribution in [1.29, 1.82) is 0 Å². The lowest BCUT2D eigenvalue weighted by atomic mass is 10.1. The molecule has 3 N–H and O–H groups in total. The molecule has 9 heteroatoms. The summed E-state index contributed by atoms with van der Waals surface area (Å²) in [5, 5.41) is 15.6. The van der Waals surface area contributed by atoms with E-state index in [9.17, 15) is 18.3 Å². The Morgan fingerprint density at radius 2 is 2.04 bits per heavy atom. The van der Waals surface area contributed by atoms with Gasteiger partial charge in [-0.3, -0.25) is 4.79 Å². The molecular formula is C17H27N3O5S. The van der Waals surface area contributed by atoms with E-state index in [2.05, 4.69) is 10.6 Å². The van der Waals surface area contributed by atoms with Crippen LogP contribution < -0.4 is 15.4 Å². The summed E-state index contributed by atoms with van der Waals surface area (Å²) in [6.07, 6.45) is -0.496. The van der Waals surface area contributed by atoms with Crippen molar-refractivity contribution in [2.45, 2.75) is 24.8 Å². The van der Waals surface area contributed by atoms with E-state index in [1.807, 2.05) is 0 Å². The highest BCUT2D eigenvalue weighted by Crippen LogP contribution is 2.28. The van der Waals surface area contributed by atoms with Crippen molar-refractivity contribution in [3.05, 3.63) is 23.8 Å². The predicted octanol–water partition coefficient (Wildman–Crippen LogP) is 0.0358. The smallest absolute Gasteiger partial charge is 0.251 e. The summed E-state index contributed by atoms with van der Waals surface area (Å²) in [6.45, 7) is 5.62. The Balaban J connectivity index is 2.24. The number of hydrogen-bond donors (Lipinski definition) is 3. The molecule has 1 amide bonds. The van der Waals surface area contributed by atoms with Gasteiger partial charge in [0.1, 0.15) is 10.6 Å². The third-order valence-corrected chi connectivity index (χ3v) is 6.65. The van der Waals surface area contributed by atoms with E-state index in [1.54, 1.807) is 13.8 Å². The minimum Gasteiger partial charge on any atom is -0.495 e. The number of rotatable bonds is 8. The molecule has 1 saturated heterocycles. The molecule has 146 valence electrons. The van der Waals surface area contributed by atoms with Crippen LogP contribution in [-0.2, 0) is 10.0 Å². The van der Waals surface area contributed by atoms with E-state index in [4.69, 9.17) is 4.74 Å². The van der Waals surface area contributed by atoms with E-state index >= 15 is 0 Å². The molecule has 1 aromatic carbocycles. The minimum absolute atomic E-state index is 0.0288. The zero-order valence-electron chi connectivity index (χ0n) is 15.4. The average Bonchev–Trinajstić information content (AvgIpc) is 3.04. The number of carbonyl (C=O) groups is 1. The molecule has 2 atom stereocenters. The van der Waals surface area contributed by atoms with Gasteiger partial charge in [0, 0.05) is 44.2 Å². The van der Waals surface area contributed by atoms with Gasteiger partial charge in [0.15, 0.2) is 0 Å². The fourth-order valence-electron chi connectivity index (χ4n) is 2.98. The number of carbonyl (C=O) groups excluding carboxylic acids is 1. The number of benzene rings is 1. The lowest BCUT2D eigenvalue weighted by Crippen LogP contribution is -2.34. The van der Waals surface area contributed by atoms with Crippen LogP contribution in [0.25, 0.3) is 0 Å². The first kappa shape index (κ1) is 20.6. The number of ether oxygens (including phenoxy) is 1. The van der Waals surface area contributed by atoms with Crippen LogP contribution in [0.3, 0.4) is 0 Å². The first-order chi connectivity index (χ1) is 12.3. The number of hydrogen-bond acceptors (Lipinski definition) is 6. The molecule has 26 heavy (non-hydrogen) atoms. The Morgan fingerprint density at radius 1 is 1.35 bits per heavy atom. The van der Waals surface area contributed by atoms with Crippen LogP contribution in [0.5, 0.6) is 5.75 Å². The molecular weight excluding hydrogens is 358 g/mol. The monoisotopic (exact) mass is 385 g/mol. The lowest BCUT2D eigenvalue weighted by Gasteiger charge is -2.20. The average molecular weight is 385 g/mol. The van der Waals surface area contributed by atoms with Crippen molar-refractivity contribution in [1.82, 2.24) is 14.9 Å². The zero-order chi connectivity index (χ0) is 19.3. The Morgan fingerprint density at radius 3 is 2.58 bits per heavy atom. The van der Waals surface area contributed by atoms with Crippen LogP contribution in [-0.4, -0.2) is 69.7 Å². The molecule has 0 aliphatic carbocycles. The summed E-state index contributed by atoms with van der Waals surface area (Å²) in [5.74, 6) is -0.248. The maximum Gasteiger partial charge on any atom is 0.251 e. The quantitative estimate of drug-likeness (QED) is 0.583. The molecule has 8 nitrogen and oxygen atoms in total. The minimum atomic E-state index is -3.76. The number of aliphatic hydroxyl groups is 1. The van der Waals surface area contributed by atoms with Gasteiger partial charge in [-0.2, -0.15) is 4.31 Å². The maximum absolute atomic E-state index is 12.8. The van der Waals surface area contributed by atoms with Crippen LogP contribution >= 0.6 is 0 Å². The molecule has 1 aliphatic heterocycles. The van der Waals surface area contributed by atoms with Crippen LogP contribution in [0, 0.1) is 5.92 Å². The van der Waals surface area contributed by atoms with Gasteiger partial charge in [-0.15, -0.1) is 0 Å². The summed E-state index contributed by atoms with van der Waals surface area (Å²) in [4.78, 5) is 12.4. The molecule has 2 unspecified atom stereocenters. The van der Waals surface area contributed by atoms with Gasteiger partial charge in [-0.1, -0.05) is 13.8 Å². The molecule has 0 radical (unpaired) electrons. The molecule has 0 saturated carbocycles. The topological polar surface area (TPSA) is 108 Å². The van der Waals surface area contributed by atoms with Gasteiger partial charge in [-0.25, -0.2) is 8.42 Å². The third-order valence-electron chi connectivity index (χ3n) is 4.58. The number of sulfonamides is 1. The summed E-state index contributed by atoms with van der Waals surface area (Å²) in [7, 11) is -2.37. The fraction of sp³-hybridized carbons (Fsp3) is 0.588. The zero-order valence-corrected chi connectivity index (χ0v) is 16.2. The summed E-state index contributed by atoms with van der Waals surface area (Å²) >= 11 is 0. The van der Waals surface area contributed by atoms with E-state index in [0.29, 0.717) is 32.7 Å². The standard InChI is InChI=1S/C17H27N3O5S/c1-4-20(5-2)26(23,24)16-8-12(6-7-15(16)25-3)17(22)19-10-13-9-18-11-14(13)21/h6-8,13-14,18,21H,4-5,9-11H2,1-3H3,(H,19,22). The molecule has 1 aromatic rings. The Hall–Kier alpha value is -1.68. The highest BCUT2D eigenvalue weighted by atomic mass is 32.2.